The fraction of sp³-hybridized carbons (Fsp3) is 0.917. The quantitative estimate of drug-likeness (QED) is 0.610. The predicted molar refractivity (Wildman–Crippen MR) is 70.4 cm³/mol. The van der Waals surface area contributed by atoms with Crippen molar-refractivity contribution in [3.05, 3.63) is 0 Å². The minimum Gasteiger partial charge on any atom is -0.464 e. The van der Waals surface area contributed by atoms with E-state index in [9.17, 15) is 9.90 Å². The van der Waals surface area contributed by atoms with Gasteiger partial charge in [-0.15, -0.1) is 0 Å². The first-order chi connectivity index (χ1) is 7.53. The van der Waals surface area contributed by atoms with Crippen LogP contribution < -0.4 is 0 Å². The van der Waals surface area contributed by atoms with Gasteiger partial charge in [-0.1, -0.05) is 20.8 Å². The maximum absolute atomic E-state index is 11.7. The zero-order valence-electron chi connectivity index (χ0n) is 12.0. The Balaban J connectivity index is 4.83. The van der Waals surface area contributed by atoms with E-state index in [0.717, 1.165) is 0 Å². The van der Waals surface area contributed by atoms with Gasteiger partial charge >= 0.3 is 5.97 Å². The maximum atomic E-state index is 11.7. The SMILES string of the molecule is CCOC(=O)[C@H](O[Si](C)(C)C(C)(C)C)[C@H](C)O. The molecule has 0 saturated carbocycles. The summed E-state index contributed by atoms with van der Waals surface area (Å²) in [7, 11) is -2.08. The molecule has 0 bridgehead atoms. The first-order valence-electron chi connectivity index (χ1n) is 6.05. The Hall–Kier alpha value is -0.393. The lowest BCUT2D eigenvalue weighted by Gasteiger charge is -2.39. The van der Waals surface area contributed by atoms with Gasteiger partial charge in [0.25, 0.3) is 0 Å². The zero-order chi connectivity index (χ0) is 13.9. The van der Waals surface area contributed by atoms with E-state index in [4.69, 9.17) is 9.16 Å². The molecule has 0 spiro atoms. The second-order valence-corrected chi connectivity index (χ2v) is 10.5. The topological polar surface area (TPSA) is 55.8 Å². The normalized spacial score (nSPS) is 16.5. The number of hydrogen-bond donors (Lipinski definition) is 1. The summed E-state index contributed by atoms with van der Waals surface area (Å²) in [6.45, 7) is 13.9. The van der Waals surface area contributed by atoms with Crippen LogP contribution in [0.15, 0.2) is 0 Å². The van der Waals surface area contributed by atoms with Gasteiger partial charge in [-0.25, -0.2) is 4.79 Å². The van der Waals surface area contributed by atoms with Crippen LogP contribution in [0.4, 0.5) is 0 Å². The average molecular weight is 262 g/mol. The number of aliphatic hydroxyl groups excluding tert-OH is 1. The molecule has 0 unspecified atom stereocenters. The molecule has 0 saturated heterocycles. The molecule has 0 aliphatic carbocycles. The zero-order valence-corrected chi connectivity index (χ0v) is 13.0. The van der Waals surface area contributed by atoms with Crippen LogP contribution in [0, 0.1) is 0 Å². The Labute approximate surface area is 105 Å². The average Bonchev–Trinajstić information content (AvgIpc) is 2.12. The summed E-state index contributed by atoms with van der Waals surface area (Å²) in [5.41, 5.74) is 0. The number of carbonyl (C=O) groups excluding carboxylic acids is 1. The highest BCUT2D eigenvalue weighted by Crippen LogP contribution is 2.37. The van der Waals surface area contributed by atoms with Crippen molar-refractivity contribution in [2.24, 2.45) is 0 Å². The Morgan fingerprint density at radius 1 is 1.35 bits per heavy atom. The summed E-state index contributed by atoms with van der Waals surface area (Å²) in [5.74, 6) is -0.479. The fourth-order valence-electron chi connectivity index (χ4n) is 1.06. The third kappa shape index (κ3) is 4.77. The largest absolute Gasteiger partial charge is 0.464 e. The van der Waals surface area contributed by atoms with E-state index in [2.05, 4.69) is 20.8 Å². The predicted octanol–water partition coefficient (Wildman–Crippen LogP) is 2.32. The second-order valence-electron chi connectivity index (χ2n) is 5.79. The molecule has 2 atom stereocenters. The van der Waals surface area contributed by atoms with Gasteiger partial charge in [-0.3, -0.25) is 0 Å². The Morgan fingerprint density at radius 2 is 1.82 bits per heavy atom. The van der Waals surface area contributed by atoms with Gasteiger partial charge < -0.3 is 14.3 Å². The van der Waals surface area contributed by atoms with Crippen molar-refractivity contribution in [2.45, 2.75) is 65.0 Å². The van der Waals surface area contributed by atoms with Gasteiger partial charge in [0.2, 0.25) is 0 Å². The molecule has 4 nitrogen and oxygen atoms in total. The molecule has 0 aliphatic rings. The van der Waals surface area contributed by atoms with Crippen molar-refractivity contribution in [3.63, 3.8) is 0 Å². The van der Waals surface area contributed by atoms with E-state index >= 15 is 0 Å². The first kappa shape index (κ1) is 16.6. The van der Waals surface area contributed by atoms with Gasteiger partial charge in [-0.2, -0.15) is 0 Å². The monoisotopic (exact) mass is 262 g/mol. The lowest BCUT2D eigenvalue weighted by molar-refractivity contribution is -0.157. The van der Waals surface area contributed by atoms with Crippen LogP contribution in [0.3, 0.4) is 0 Å². The Bertz CT molecular complexity index is 256. The van der Waals surface area contributed by atoms with Crippen LogP contribution in [0.2, 0.25) is 18.1 Å². The fourth-order valence-corrected chi connectivity index (χ4v) is 2.34. The minimum absolute atomic E-state index is 0.00731. The van der Waals surface area contributed by atoms with Crippen LogP contribution in [0.5, 0.6) is 0 Å². The molecule has 102 valence electrons. The third-order valence-corrected chi connectivity index (χ3v) is 7.64. The standard InChI is InChI=1S/C12H26O4Si/c1-8-15-11(14)10(9(2)13)16-17(6,7)12(3,4)5/h9-10,13H,8H2,1-7H3/t9-,10+/m0/s1. The van der Waals surface area contributed by atoms with Gasteiger partial charge in [0, 0.05) is 0 Å². The Kier molecular flexibility index (Phi) is 5.84. The molecular weight excluding hydrogens is 236 g/mol. The van der Waals surface area contributed by atoms with E-state index in [-0.39, 0.29) is 5.04 Å². The molecule has 5 heteroatoms. The number of carbonyl (C=O) groups is 1. The number of hydrogen-bond acceptors (Lipinski definition) is 4. The summed E-state index contributed by atoms with van der Waals surface area (Å²) in [5, 5.41) is 9.63. The van der Waals surface area contributed by atoms with Crippen molar-refractivity contribution in [1.29, 1.82) is 0 Å². The summed E-state index contributed by atoms with van der Waals surface area (Å²) in [6.07, 6.45) is -1.74. The number of esters is 1. The smallest absolute Gasteiger partial charge is 0.336 e. The minimum atomic E-state index is -2.08. The summed E-state index contributed by atoms with van der Waals surface area (Å²) >= 11 is 0. The molecule has 0 heterocycles. The third-order valence-electron chi connectivity index (χ3n) is 3.18. The molecule has 0 rings (SSSR count). The Morgan fingerprint density at radius 3 is 2.12 bits per heavy atom. The van der Waals surface area contributed by atoms with Crippen LogP contribution in [0.1, 0.15) is 34.6 Å². The molecule has 1 N–H and O–H groups in total. The molecule has 17 heavy (non-hydrogen) atoms. The van der Waals surface area contributed by atoms with Crippen molar-refractivity contribution in [2.75, 3.05) is 6.61 Å². The second kappa shape index (κ2) is 5.98. The van der Waals surface area contributed by atoms with Gasteiger partial charge in [0.1, 0.15) is 0 Å². The molecule has 0 radical (unpaired) electrons. The van der Waals surface area contributed by atoms with E-state index in [1.54, 1.807) is 13.8 Å². The highest BCUT2D eigenvalue weighted by molar-refractivity contribution is 6.74. The van der Waals surface area contributed by atoms with Crippen LogP contribution in [0.25, 0.3) is 0 Å². The lowest BCUT2D eigenvalue weighted by Crippen LogP contribution is -2.49. The summed E-state index contributed by atoms with van der Waals surface area (Å²) in [6, 6.07) is 0. The molecule has 0 amide bonds. The van der Waals surface area contributed by atoms with E-state index < -0.39 is 26.5 Å². The highest BCUT2D eigenvalue weighted by atomic mass is 28.4. The van der Waals surface area contributed by atoms with Gasteiger partial charge in [0.05, 0.1) is 12.7 Å². The van der Waals surface area contributed by atoms with Crippen molar-refractivity contribution in [1.82, 2.24) is 0 Å². The molecule has 0 fully saturated rings. The van der Waals surface area contributed by atoms with E-state index in [1.807, 2.05) is 13.1 Å². The first-order valence-corrected chi connectivity index (χ1v) is 8.96. The number of rotatable bonds is 5. The number of ether oxygens (including phenoxy) is 1. The van der Waals surface area contributed by atoms with Crippen LogP contribution in [-0.4, -0.2) is 38.2 Å². The van der Waals surface area contributed by atoms with Crippen molar-refractivity contribution >= 4 is 14.3 Å². The van der Waals surface area contributed by atoms with Crippen LogP contribution in [-0.2, 0) is 14.0 Å². The maximum Gasteiger partial charge on any atom is 0.336 e. The lowest BCUT2D eigenvalue weighted by atomic mass is 10.2. The molecule has 0 aromatic carbocycles. The molecular formula is C12H26O4Si. The van der Waals surface area contributed by atoms with E-state index in [1.165, 1.54) is 0 Å². The van der Waals surface area contributed by atoms with Gasteiger partial charge in [-0.05, 0) is 32.0 Å². The van der Waals surface area contributed by atoms with Crippen LogP contribution >= 0.6 is 0 Å². The number of aliphatic hydroxyl groups is 1. The molecule has 0 aliphatic heterocycles. The van der Waals surface area contributed by atoms with Gasteiger partial charge in [0.15, 0.2) is 14.4 Å². The van der Waals surface area contributed by atoms with Crippen molar-refractivity contribution in [3.8, 4) is 0 Å². The summed E-state index contributed by atoms with van der Waals surface area (Å²) in [4.78, 5) is 11.7. The molecule has 0 aromatic rings. The highest BCUT2D eigenvalue weighted by Gasteiger charge is 2.42. The van der Waals surface area contributed by atoms with E-state index in [0.29, 0.717) is 6.61 Å². The van der Waals surface area contributed by atoms with Crippen molar-refractivity contribution < 1.29 is 19.1 Å². The summed E-state index contributed by atoms with van der Waals surface area (Å²) < 4.78 is 10.8. The molecule has 0 aromatic heterocycles.